The summed E-state index contributed by atoms with van der Waals surface area (Å²) < 4.78 is 1.79. The van der Waals surface area contributed by atoms with Gasteiger partial charge >= 0.3 is 0 Å². The van der Waals surface area contributed by atoms with Crippen molar-refractivity contribution in [2.24, 2.45) is 7.05 Å². The van der Waals surface area contributed by atoms with Crippen LogP contribution in [0, 0.1) is 11.3 Å². The smallest absolute Gasteiger partial charge is 0.155 e. The molecule has 5 heteroatoms. The largest absolute Gasteiger partial charge is 0.506 e. The van der Waals surface area contributed by atoms with Gasteiger partial charge in [-0.1, -0.05) is 41.9 Å². The quantitative estimate of drug-likeness (QED) is 0.427. The van der Waals surface area contributed by atoms with E-state index in [1.54, 1.807) is 16.7 Å². The first kappa shape index (κ1) is 15.9. The van der Waals surface area contributed by atoms with Crippen LogP contribution >= 0.6 is 11.6 Å². The van der Waals surface area contributed by atoms with E-state index >= 15 is 0 Å². The SMILES string of the molecule is Cn1c(/C(C#N)=C(O)/C=C/c2ccccc2Cl)nc2ccccc21. The molecular weight excluding hydrogens is 322 g/mol. The predicted octanol–water partition coefficient (Wildman–Crippen LogP) is 4.73. The van der Waals surface area contributed by atoms with Gasteiger partial charge in [0.1, 0.15) is 17.4 Å². The van der Waals surface area contributed by atoms with Crippen LogP contribution in [-0.2, 0) is 7.05 Å². The summed E-state index contributed by atoms with van der Waals surface area (Å²) in [6.45, 7) is 0. The minimum absolute atomic E-state index is 0.108. The number of nitriles is 1. The minimum atomic E-state index is -0.157. The highest BCUT2D eigenvalue weighted by Crippen LogP contribution is 2.23. The molecule has 0 aliphatic rings. The number of allylic oxidation sites excluding steroid dienone is 2. The molecule has 0 aliphatic carbocycles. The summed E-state index contributed by atoms with van der Waals surface area (Å²) in [5.74, 6) is 0.260. The summed E-state index contributed by atoms with van der Waals surface area (Å²) in [5.41, 5.74) is 2.53. The Morgan fingerprint density at radius 2 is 1.92 bits per heavy atom. The summed E-state index contributed by atoms with van der Waals surface area (Å²) >= 11 is 6.09. The van der Waals surface area contributed by atoms with Gasteiger partial charge < -0.3 is 9.67 Å². The molecule has 4 nitrogen and oxygen atoms in total. The lowest BCUT2D eigenvalue weighted by Crippen LogP contribution is -1.98. The first-order valence-electron chi connectivity index (χ1n) is 7.29. The van der Waals surface area contributed by atoms with Gasteiger partial charge in [-0.3, -0.25) is 0 Å². The van der Waals surface area contributed by atoms with Crippen molar-refractivity contribution < 1.29 is 5.11 Å². The lowest BCUT2D eigenvalue weighted by atomic mass is 10.1. The Morgan fingerprint density at radius 1 is 1.21 bits per heavy atom. The Morgan fingerprint density at radius 3 is 2.62 bits per heavy atom. The third-order valence-corrected chi connectivity index (χ3v) is 4.05. The fourth-order valence-corrected chi connectivity index (χ4v) is 2.65. The molecule has 1 N–H and O–H groups in total. The van der Waals surface area contributed by atoms with Gasteiger partial charge in [0.15, 0.2) is 5.82 Å². The van der Waals surface area contributed by atoms with Gasteiger partial charge in [0, 0.05) is 12.1 Å². The van der Waals surface area contributed by atoms with E-state index in [1.165, 1.54) is 6.08 Å². The van der Waals surface area contributed by atoms with E-state index in [0.29, 0.717) is 10.8 Å². The Hall–Kier alpha value is -3.03. The van der Waals surface area contributed by atoms with E-state index in [0.717, 1.165) is 16.6 Å². The van der Waals surface area contributed by atoms with E-state index in [-0.39, 0.29) is 11.3 Å². The third-order valence-electron chi connectivity index (χ3n) is 3.70. The molecule has 1 aromatic heterocycles. The van der Waals surface area contributed by atoms with Gasteiger partial charge in [-0.05, 0) is 35.9 Å². The molecule has 0 saturated heterocycles. The molecule has 2 aromatic carbocycles. The van der Waals surface area contributed by atoms with Crippen LogP contribution < -0.4 is 0 Å². The van der Waals surface area contributed by atoms with Crippen molar-refractivity contribution in [2.45, 2.75) is 0 Å². The molecule has 3 rings (SSSR count). The van der Waals surface area contributed by atoms with Crippen molar-refractivity contribution in [1.82, 2.24) is 9.55 Å². The number of aromatic nitrogens is 2. The number of para-hydroxylation sites is 2. The summed E-state index contributed by atoms with van der Waals surface area (Å²) in [6, 6.07) is 16.9. The van der Waals surface area contributed by atoms with Crippen molar-refractivity contribution in [3.05, 3.63) is 76.8 Å². The van der Waals surface area contributed by atoms with Gasteiger partial charge in [0.05, 0.1) is 11.0 Å². The van der Waals surface area contributed by atoms with Gasteiger partial charge in [-0.15, -0.1) is 0 Å². The monoisotopic (exact) mass is 335 g/mol. The number of hydrogen-bond acceptors (Lipinski definition) is 3. The lowest BCUT2D eigenvalue weighted by molar-refractivity contribution is 0.436. The van der Waals surface area contributed by atoms with Crippen LogP contribution in [0.3, 0.4) is 0 Å². The standard InChI is InChI=1S/C19H14ClN3O/c1-23-17-9-5-4-8-16(17)22-19(23)14(12-21)18(24)11-10-13-6-2-3-7-15(13)20/h2-11,24H,1H3/b11-10+,18-14-. The van der Waals surface area contributed by atoms with Crippen molar-refractivity contribution in [3.8, 4) is 6.07 Å². The second kappa shape index (κ2) is 6.61. The molecule has 0 saturated carbocycles. The zero-order valence-corrected chi connectivity index (χ0v) is 13.7. The average Bonchev–Trinajstić information content (AvgIpc) is 2.92. The topological polar surface area (TPSA) is 61.8 Å². The van der Waals surface area contributed by atoms with Crippen LogP contribution in [0.5, 0.6) is 0 Å². The average molecular weight is 336 g/mol. The maximum absolute atomic E-state index is 10.3. The number of halogens is 1. The summed E-state index contributed by atoms with van der Waals surface area (Å²) in [5, 5.41) is 20.4. The highest BCUT2D eigenvalue weighted by molar-refractivity contribution is 6.32. The lowest BCUT2D eigenvalue weighted by Gasteiger charge is -2.02. The normalized spacial score (nSPS) is 12.4. The Kier molecular flexibility index (Phi) is 4.37. The maximum atomic E-state index is 10.3. The van der Waals surface area contributed by atoms with E-state index in [9.17, 15) is 10.4 Å². The second-order valence-corrected chi connectivity index (χ2v) is 5.62. The van der Waals surface area contributed by atoms with Crippen molar-refractivity contribution in [3.63, 3.8) is 0 Å². The molecular formula is C19H14ClN3O. The van der Waals surface area contributed by atoms with Crippen LogP contribution in [0.1, 0.15) is 11.4 Å². The summed E-state index contributed by atoms with van der Waals surface area (Å²) in [4.78, 5) is 4.44. The van der Waals surface area contributed by atoms with Crippen molar-refractivity contribution in [1.29, 1.82) is 5.26 Å². The number of aliphatic hydroxyl groups is 1. The van der Waals surface area contributed by atoms with Crippen LogP contribution in [0.2, 0.25) is 5.02 Å². The van der Waals surface area contributed by atoms with Gasteiger partial charge in [0.2, 0.25) is 0 Å². The van der Waals surface area contributed by atoms with Crippen LogP contribution in [0.4, 0.5) is 0 Å². The molecule has 0 aliphatic heterocycles. The molecule has 0 fully saturated rings. The second-order valence-electron chi connectivity index (χ2n) is 5.21. The van der Waals surface area contributed by atoms with Crippen LogP contribution in [0.25, 0.3) is 22.7 Å². The Balaban J connectivity index is 2.06. The molecule has 0 radical (unpaired) electrons. The molecule has 118 valence electrons. The third kappa shape index (κ3) is 2.90. The zero-order chi connectivity index (χ0) is 17.1. The summed E-state index contributed by atoms with van der Waals surface area (Å²) in [6.07, 6.45) is 3.12. The molecule has 3 aromatic rings. The fourth-order valence-electron chi connectivity index (χ4n) is 2.45. The van der Waals surface area contributed by atoms with Gasteiger partial charge in [-0.2, -0.15) is 5.26 Å². The summed E-state index contributed by atoms with van der Waals surface area (Å²) in [7, 11) is 1.81. The zero-order valence-electron chi connectivity index (χ0n) is 12.9. The highest BCUT2D eigenvalue weighted by Gasteiger charge is 2.15. The fraction of sp³-hybridized carbons (Fsp3) is 0.0526. The first-order valence-corrected chi connectivity index (χ1v) is 7.67. The predicted molar refractivity (Wildman–Crippen MR) is 96.4 cm³/mol. The number of hydrogen-bond donors (Lipinski definition) is 1. The molecule has 0 bridgehead atoms. The molecule has 24 heavy (non-hydrogen) atoms. The minimum Gasteiger partial charge on any atom is -0.506 e. The van der Waals surface area contributed by atoms with Crippen LogP contribution in [0.15, 0.2) is 60.4 Å². The molecule has 1 heterocycles. The van der Waals surface area contributed by atoms with E-state index in [2.05, 4.69) is 4.98 Å². The van der Waals surface area contributed by atoms with Crippen LogP contribution in [-0.4, -0.2) is 14.7 Å². The van der Waals surface area contributed by atoms with Gasteiger partial charge in [0.25, 0.3) is 0 Å². The number of aliphatic hydroxyl groups excluding tert-OH is 1. The van der Waals surface area contributed by atoms with E-state index in [1.807, 2.05) is 55.6 Å². The van der Waals surface area contributed by atoms with Gasteiger partial charge in [-0.25, -0.2) is 4.98 Å². The van der Waals surface area contributed by atoms with E-state index in [4.69, 9.17) is 11.6 Å². The number of aryl methyl sites for hydroxylation is 1. The number of rotatable bonds is 3. The molecule has 0 atom stereocenters. The number of nitrogens with zero attached hydrogens (tertiary/aromatic N) is 3. The Labute approximate surface area is 144 Å². The number of imidazole rings is 1. The molecule has 0 spiro atoms. The maximum Gasteiger partial charge on any atom is 0.155 e. The number of fused-ring (bicyclic) bond motifs is 1. The molecule has 0 unspecified atom stereocenters. The van der Waals surface area contributed by atoms with E-state index < -0.39 is 0 Å². The molecule has 0 amide bonds. The van der Waals surface area contributed by atoms with Crippen molar-refractivity contribution in [2.75, 3.05) is 0 Å². The highest BCUT2D eigenvalue weighted by atomic mass is 35.5. The number of benzene rings is 2. The van der Waals surface area contributed by atoms with Crippen molar-refractivity contribution >= 4 is 34.3 Å². The first-order chi connectivity index (χ1) is 11.6. The Bertz CT molecular complexity index is 1010.